The molecule has 0 saturated carbocycles. The first-order valence-electron chi connectivity index (χ1n) is 4.61. The van der Waals surface area contributed by atoms with Gasteiger partial charge in [-0.15, -0.1) is 0 Å². The average Bonchev–Trinajstić information content (AvgIpc) is 2.82. The topological polar surface area (TPSA) is 54.7 Å². The van der Waals surface area contributed by atoms with E-state index < -0.39 is 0 Å². The van der Waals surface area contributed by atoms with Gasteiger partial charge in [0.05, 0.1) is 5.52 Å². The molecule has 4 heteroatoms. The number of hydrogen-bond acceptors (Lipinski definition) is 3. The molecule has 0 atom stereocenters. The van der Waals surface area contributed by atoms with Gasteiger partial charge in [-0.05, 0) is 29.6 Å². The largest absolute Gasteiger partial charge is 0.399 e. The molecule has 2 aromatic heterocycles. The molecule has 0 aliphatic heterocycles. The lowest BCUT2D eigenvalue weighted by Crippen LogP contribution is -1.82. The maximum Gasteiger partial charge on any atom is 0.101 e. The molecule has 0 bridgehead atoms. The zero-order chi connectivity index (χ0) is 10.3. The van der Waals surface area contributed by atoms with E-state index in [1.165, 1.54) is 0 Å². The summed E-state index contributed by atoms with van der Waals surface area (Å²) in [6, 6.07) is 7.86. The molecule has 0 spiro atoms. The Kier molecular flexibility index (Phi) is 1.76. The van der Waals surface area contributed by atoms with Gasteiger partial charge in [0.2, 0.25) is 0 Å². The van der Waals surface area contributed by atoms with Gasteiger partial charge in [0.25, 0.3) is 0 Å². The Hall–Kier alpha value is -1.81. The fourth-order valence-corrected chi connectivity index (χ4v) is 2.30. The molecule has 0 aliphatic rings. The summed E-state index contributed by atoms with van der Waals surface area (Å²) in [5.41, 5.74) is 9.58. The Morgan fingerprint density at radius 2 is 2.20 bits per heavy atom. The van der Waals surface area contributed by atoms with Gasteiger partial charge < -0.3 is 5.73 Å². The minimum absolute atomic E-state index is 0.753. The number of aromatic amines is 1. The Bertz CT molecular complexity index is 595. The molecule has 2 heterocycles. The number of aromatic nitrogens is 2. The van der Waals surface area contributed by atoms with Gasteiger partial charge in [0.15, 0.2) is 0 Å². The average molecular weight is 215 g/mol. The van der Waals surface area contributed by atoms with Crippen LogP contribution in [0.25, 0.3) is 22.2 Å². The second kappa shape index (κ2) is 3.10. The summed E-state index contributed by atoms with van der Waals surface area (Å²) < 4.78 is 0. The van der Waals surface area contributed by atoms with Crippen LogP contribution in [0.15, 0.2) is 35.0 Å². The van der Waals surface area contributed by atoms with E-state index in [0.717, 1.165) is 27.8 Å². The lowest BCUT2D eigenvalue weighted by atomic mass is 10.1. The monoisotopic (exact) mass is 215 g/mol. The van der Waals surface area contributed by atoms with Gasteiger partial charge in [-0.3, -0.25) is 5.10 Å². The van der Waals surface area contributed by atoms with Gasteiger partial charge in [-0.2, -0.15) is 16.4 Å². The van der Waals surface area contributed by atoms with Gasteiger partial charge in [-0.1, -0.05) is 0 Å². The lowest BCUT2D eigenvalue weighted by molar-refractivity contribution is 1.12. The molecule has 0 radical (unpaired) electrons. The van der Waals surface area contributed by atoms with E-state index in [1.807, 2.05) is 23.6 Å². The second-order valence-corrected chi connectivity index (χ2v) is 4.17. The number of nitrogens with one attached hydrogen (secondary N) is 1. The number of anilines is 1. The molecule has 3 aromatic rings. The van der Waals surface area contributed by atoms with Crippen molar-refractivity contribution in [2.24, 2.45) is 0 Å². The fourth-order valence-electron chi connectivity index (χ4n) is 1.66. The van der Waals surface area contributed by atoms with Crippen molar-refractivity contribution in [2.75, 3.05) is 5.73 Å². The number of thiophene rings is 1. The molecule has 3 rings (SSSR count). The maximum absolute atomic E-state index is 5.71. The van der Waals surface area contributed by atoms with Gasteiger partial charge in [-0.25, -0.2) is 0 Å². The molecule has 0 aliphatic carbocycles. The highest BCUT2D eigenvalue weighted by molar-refractivity contribution is 7.08. The predicted molar refractivity (Wildman–Crippen MR) is 63.8 cm³/mol. The van der Waals surface area contributed by atoms with Crippen LogP contribution >= 0.6 is 11.3 Å². The zero-order valence-electron chi connectivity index (χ0n) is 7.90. The molecule has 1 aromatic carbocycles. The van der Waals surface area contributed by atoms with E-state index >= 15 is 0 Å². The number of H-pyrrole nitrogens is 1. The number of benzene rings is 1. The Morgan fingerprint density at radius 1 is 1.27 bits per heavy atom. The Morgan fingerprint density at radius 3 is 3.00 bits per heavy atom. The summed E-state index contributed by atoms with van der Waals surface area (Å²) >= 11 is 1.67. The van der Waals surface area contributed by atoms with E-state index in [2.05, 4.69) is 21.6 Å². The van der Waals surface area contributed by atoms with Crippen LogP contribution in [0.3, 0.4) is 0 Å². The first kappa shape index (κ1) is 8.49. The van der Waals surface area contributed by atoms with Crippen LogP contribution in [-0.4, -0.2) is 10.2 Å². The molecular weight excluding hydrogens is 206 g/mol. The highest BCUT2D eigenvalue weighted by Gasteiger charge is 2.07. The highest BCUT2D eigenvalue weighted by atomic mass is 32.1. The number of fused-ring (bicyclic) bond motifs is 1. The lowest BCUT2D eigenvalue weighted by Gasteiger charge is -1.94. The summed E-state index contributed by atoms with van der Waals surface area (Å²) in [5, 5.41) is 12.5. The van der Waals surface area contributed by atoms with Crippen LogP contribution in [0.5, 0.6) is 0 Å². The minimum Gasteiger partial charge on any atom is -0.399 e. The van der Waals surface area contributed by atoms with Crippen LogP contribution in [0.1, 0.15) is 0 Å². The molecule has 0 fully saturated rings. The molecule has 0 saturated heterocycles. The quantitative estimate of drug-likeness (QED) is 0.613. The zero-order valence-corrected chi connectivity index (χ0v) is 8.71. The number of nitrogen functional groups attached to an aromatic ring is 1. The molecule has 3 N–H and O–H groups in total. The Balaban J connectivity index is 2.29. The first-order chi connectivity index (χ1) is 7.34. The summed E-state index contributed by atoms with van der Waals surface area (Å²) in [4.78, 5) is 0. The summed E-state index contributed by atoms with van der Waals surface area (Å²) in [6.07, 6.45) is 0. The molecule has 3 nitrogen and oxygen atoms in total. The summed E-state index contributed by atoms with van der Waals surface area (Å²) in [5.74, 6) is 0. The normalized spacial score (nSPS) is 10.9. The molecule has 15 heavy (non-hydrogen) atoms. The Labute approximate surface area is 90.5 Å². The SMILES string of the molecule is Nc1ccc2c(-c3ccsc3)n[nH]c2c1. The maximum atomic E-state index is 5.71. The van der Waals surface area contributed by atoms with Crippen molar-refractivity contribution in [3.8, 4) is 11.3 Å². The molecule has 74 valence electrons. The highest BCUT2D eigenvalue weighted by Crippen LogP contribution is 2.28. The van der Waals surface area contributed by atoms with E-state index in [1.54, 1.807) is 11.3 Å². The third-order valence-corrected chi connectivity index (χ3v) is 3.06. The van der Waals surface area contributed by atoms with Crippen LogP contribution < -0.4 is 5.73 Å². The minimum atomic E-state index is 0.753. The molecule has 0 amide bonds. The van der Waals surface area contributed by atoms with Crippen LogP contribution in [0.2, 0.25) is 0 Å². The third kappa shape index (κ3) is 1.30. The van der Waals surface area contributed by atoms with Crippen molar-refractivity contribution < 1.29 is 0 Å². The molecule has 0 unspecified atom stereocenters. The van der Waals surface area contributed by atoms with E-state index in [0.29, 0.717) is 0 Å². The van der Waals surface area contributed by atoms with Crippen molar-refractivity contribution in [3.63, 3.8) is 0 Å². The van der Waals surface area contributed by atoms with Gasteiger partial charge in [0, 0.05) is 22.0 Å². The number of hydrogen-bond donors (Lipinski definition) is 2. The van der Waals surface area contributed by atoms with Crippen LogP contribution in [0, 0.1) is 0 Å². The second-order valence-electron chi connectivity index (χ2n) is 3.39. The molecular formula is C11H9N3S. The van der Waals surface area contributed by atoms with Crippen LogP contribution in [0.4, 0.5) is 5.69 Å². The first-order valence-corrected chi connectivity index (χ1v) is 5.55. The van der Waals surface area contributed by atoms with Crippen molar-refractivity contribution in [3.05, 3.63) is 35.0 Å². The number of rotatable bonds is 1. The third-order valence-electron chi connectivity index (χ3n) is 2.38. The predicted octanol–water partition coefficient (Wildman–Crippen LogP) is 2.87. The van der Waals surface area contributed by atoms with Crippen molar-refractivity contribution in [1.82, 2.24) is 10.2 Å². The summed E-state index contributed by atoms with van der Waals surface area (Å²) in [6.45, 7) is 0. The fraction of sp³-hybridized carbons (Fsp3) is 0. The van der Waals surface area contributed by atoms with Crippen LogP contribution in [-0.2, 0) is 0 Å². The van der Waals surface area contributed by atoms with Gasteiger partial charge in [0.1, 0.15) is 5.69 Å². The number of nitrogens with zero attached hydrogens (tertiary/aromatic N) is 1. The summed E-state index contributed by atoms with van der Waals surface area (Å²) in [7, 11) is 0. The van der Waals surface area contributed by atoms with E-state index in [4.69, 9.17) is 5.73 Å². The van der Waals surface area contributed by atoms with Crippen molar-refractivity contribution in [2.45, 2.75) is 0 Å². The number of nitrogens with two attached hydrogens (primary N) is 1. The standard InChI is InChI=1S/C11H9N3S/c12-8-1-2-9-10(5-8)13-14-11(9)7-3-4-15-6-7/h1-6H,12H2,(H,13,14). The van der Waals surface area contributed by atoms with Crippen molar-refractivity contribution >= 4 is 27.9 Å². The van der Waals surface area contributed by atoms with Gasteiger partial charge >= 0.3 is 0 Å². The van der Waals surface area contributed by atoms with E-state index in [-0.39, 0.29) is 0 Å². The van der Waals surface area contributed by atoms with E-state index in [9.17, 15) is 0 Å². The smallest absolute Gasteiger partial charge is 0.101 e. The van der Waals surface area contributed by atoms with Crippen molar-refractivity contribution in [1.29, 1.82) is 0 Å².